The highest BCUT2D eigenvalue weighted by Gasteiger charge is 2.30. The molecular weight excluding hydrogens is 289 g/mol. The molecular formula is C11H14FN3O4S. The van der Waals surface area contributed by atoms with Gasteiger partial charge in [0, 0.05) is 13.1 Å². The van der Waals surface area contributed by atoms with E-state index in [1.54, 1.807) is 0 Å². The first kappa shape index (κ1) is 14.5. The van der Waals surface area contributed by atoms with Gasteiger partial charge in [0.15, 0.2) is 11.6 Å². The molecule has 7 nitrogen and oxygen atoms in total. The lowest BCUT2D eigenvalue weighted by atomic mass is 10.3. The number of carbonyl (C=O) groups is 1. The molecule has 20 heavy (non-hydrogen) atoms. The van der Waals surface area contributed by atoms with Gasteiger partial charge in [0.1, 0.15) is 0 Å². The average molecular weight is 303 g/mol. The summed E-state index contributed by atoms with van der Waals surface area (Å²) in [7, 11) is -2.73. The Kier molecular flexibility index (Phi) is 3.82. The molecule has 0 bridgehead atoms. The Morgan fingerprint density at radius 3 is 2.70 bits per heavy atom. The van der Waals surface area contributed by atoms with E-state index in [2.05, 4.69) is 5.32 Å². The third-order valence-electron chi connectivity index (χ3n) is 2.89. The summed E-state index contributed by atoms with van der Waals surface area (Å²) in [6.45, 7) is 0.0453. The Morgan fingerprint density at radius 2 is 2.15 bits per heavy atom. The molecule has 0 aromatic heterocycles. The van der Waals surface area contributed by atoms with Crippen LogP contribution < -0.4 is 15.8 Å². The zero-order chi connectivity index (χ0) is 14.9. The molecule has 0 radical (unpaired) electrons. The van der Waals surface area contributed by atoms with Gasteiger partial charge >= 0.3 is 0 Å². The number of carbonyl (C=O) groups excluding carboxylic acids is 1. The van der Waals surface area contributed by atoms with E-state index < -0.39 is 21.7 Å². The maximum absolute atomic E-state index is 13.7. The number of piperazine rings is 1. The van der Waals surface area contributed by atoms with Crippen molar-refractivity contribution in [2.75, 3.05) is 32.5 Å². The van der Waals surface area contributed by atoms with Crippen LogP contribution in [-0.4, -0.2) is 45.4 Å². The van der Waals surface area contributed by atoms with Gasteiger partial charge in [0.2, 0.25) is 15.9 Å². The summed E-state index contributed by atoms with van der Waals surface area (Å²) in [5.41, 5.74) is 5.44. The molecule has 1 aliphatic heterocycles. The van der Waals surface area contributed by atoms with Crippen LogP contribution in [0.2, 0.25) is 0 Å². The summed E-state index contributed by atoms with van der Waals surface area (Å²) in [4.78, 5) is 10.9. The number of benzene rings is 1. The van der Waals surface area contributed by atoms with Gasteiger partial charge in [0.25, 0.3) is 0 Å². The van der Waals surface area contributed by atoms with Crippen LogP contribution in [-0.2, 0) is 14.8 Å². The molecule has 110 valence electrons. The van der Waals surface area contributed by atoms with Crippen LogP contribution in [0.5, 0.6) is 5.75 Å². The number of nitrogens with zero attached hydrogens (tertiary/aromatic N) is 1. The highest BCUT2D eigenvalue weighted by molar-refractivity contribution is 7.89. The van der Waals surface area contributed by atoms with Crippen LogP contribution in [0, 0.1) is 5.82 Å². The van der Waals surface area contributed by atoms with Crippen molar-refractivity contribution in [2.24, 2.45) is 0 Å². The minimum absolute atomic E-state index is 0.118. The molecule has 0 spiro atoms. The van der Waals surface area contributed by atoms with Gasteiger partial charge in [-0.25, -0.2) is 12.8 Å². The molecule has 2 rings (SSSR count). The minimum Gasteiger partial charge on any atom is -0.492 e. The largest absolute Gasteiger partial charge is 0.492 e. The third kappa shape index (κ3) is 2.54. The normalized spacial score (nSPS) is 16.8. The Labute approximate surface area is 115 Å². The van der Waals surface area contributed by atoms with Crippen LogP contribution in [0.3, 0.4) is 0 Å². The second-order valence-electron chi connectivity index (χ2n) is 4.22. The summed E-state index contributed by atoms with van der Waals surface area (Å²) < 4.78 is 44.1. The summed E-state index contributed by atoms with van der Waals surface area (Å²) >= 11 is 0. The maximum atomic E-state index is 13.7. The molecule has 1 heterocycles. The van der Waals surface area contributed by atoms with Crippen LogP contribution in [0.25, 0.3) is 0 Å². The van der Waals surface area contributed by atoms with Crippen molar-refractivity contribution in [3.8, 4) is 5.75 Å². The second-order valence-corrected chi connectivity index (χ2v) is 6.15. The quantitative estimate of drug-likeness (QED) is 0.736. The standard InChI is InChI=1S/C11H14FN3O4S/c1-19-11-8(12)4-7(5-9(11)13)20(17,18)15-3-2-14-10(16)6-15/h4-5H,2-3,6,13H2,1H3,(H,14,16). The maximum Gasteiger partial charge on any atom is 0.243 e. The van der Waals surface area contributed by atoms with Gasteiger partial charge in [-0.15, -0.1) is 0 Å². The number of hydrogen-bond donors (Lipinski definition) is 2. The van der Waals surface area contributed by atoms with E-state index in [1.165, 1.54) is 7.11 Å². The lowest BCUT2D eigenvalue weighted by molar-refractivity contribution is -0.122. The van der Waals surface area contributed by atoms with Crippen LogP contribution in [0.15, 0.2) is 17.0 Å². The first-order valence-corrected chi connectivity index (χ1v) is 7.20. The van der Waals surface area contributed by atoms with E-state index in [4.69, 9.17) is 10.5 Å². The molecule has 0 unspecified atom stereocenters. The molecule has 1 aromatic carbocycles. The van der Waals surface area contributed by atoms with Crippen molar-refractivity contribution < 1.29 is 22.3 Å². The molecule has 1 aromatic rings. The molecule has 3 N–H and O–H groups in total. The van der Waals surface area contributed by atoms with Crippen molar-refractivity contribution >= 4 is 21.6 Å². The Hall–Kier alpha value is -1.87. The molecule has 9 heteroatoms. The van der Waals surface area contributed by atoms with Crippen molar-refractivity contribution in [1.82, 2.24) is 9.62 Å². The molecule has 0 saturated carbocycles. The number of halogens is 1. The van der Waals surface area contributed by atoms with Crippen LogP contribution in [0.4, 0.5) is 10.1 Å². The molecule has 0 aliphatic carbocycles. The minimum atomic E-state index is -3.97. The summed E-state index contributed by atoms with van der Waals surface area (Å²) in [5, 5.41) is 2.51. The summed E-state index contributed by atoms with van der Waals surface area (Å²) in [5.74, 6) is -1.48. The fourth-order valence-electron chi connectivity index (χ4n) is 1.92. The predicted molar refractivity (Wildman–Crippen MR) is 69.1 cm³/mol. The highest BCUT2D eigenvalue weighted by atomic mass is 32.2. The number of nitrogen functional groups attached to an aromatic ring is 1. The number of sulfonamides is 1. The highest BCUT2D eigenvalue weighted by Crippen LogP contribution is 2.29. The lowest BCUT2D eigenvalue weighted by Crippen LogP contribution is -2.49. The number of anilines is 1. The zero-order valence-electron chi connectivity index (χ0n) is 10.7. The number of hydrogen-bond acceptors (Lipinski definition) is 5. The topological polar surface area (TPSA) is 102 Å². The van der Waals surface area contributed by atoms with E-state index in [0.717, 1.165) is 16.4 Å². The van der Waals surface area contributed by atoms with Crippen LogP contribution in [0.1, 0.15) is 0 Å². The number of methoxy groups -OCH3 is 1. The van der Waals surface area contributed by atoms with Gasteiger partial charge < -0.3 is 15.8 Å². The molecule has 1 fully saturated rings. The number of ether oxygens (including phenoxy) is 1. The van der Waals surface area contributed by atoms with Gasteiger partial charge in [-0.3, -0.25) is 4.79 Å². The number of nitrogens with two attached hydrogens (primary N) is 1. The monoisotopic (exact) mass is 303 g/mol. The predicted octanol–water partition coefficient (Wildman–Crippen LogP) is -0.463. The number of amides is 1. The number of rotatable bonds is 3. The SMILES string of the molecule is COc1c(N)cc(S(=O)(=O)N2CCNC(=O)C2)cc1F. The summed E-state index contributed by atoms with van der Waals surface area (Å²) in [6.07, 6.45) is 0. The smallest absolute Gasteiger partial charge is 0.243 e. The van der Waals surface area contributed by atoms with Gasteiger partial charge in [-0.05, 0) is 12.1 Å². The Bertz CT molecular complexity index is 624. The molecule has 1 saturated heterocycles. The van der Waals surface area contributed by atoms with E-state index in [-0.39, 0.29) is 36.0 Å². The molecule has 0 atom stereocenters. The number of nitrogens with one attached hydrogen (secondary N) is 1. The third-order valence-corrected chi connectivity index (χ3v) is 4.71. The van der Waals surface area contributed by atoms with Gasteiger partial charge in [0.05, 0.1) is 24.2 Å². The first-order chi connectivity index (χ1) is 9.36. The van der Waals surface area contributed by atoms with Gasteiger partial charge in [-0.2, -0.15) is 4.31 Å². The fraction of sp³-hybridized carbons (Fsp3) is 0.364. The van der Waals surface area contributed by atoms with E-state index in [9.17, 15) is 17.6 Å². The molecule has 1 aliphatic rings. The summed E-state index contributed by atoms with van der Waals surface area (Å²) in [6, 6.07) is 1.95. The van der Waals surface area contributed by atoms with E-state index in [0.29, 0.717) is 0 Å². The Morgan fingerprint density at radius 1 is 1.45 bits per heavy atom. The van der Waals surface area contributed by atoms with Crippen molar-refractivity contribution in [3.05, 3.63) is 17.9 Å². The fourth-order valence-corrected chi connectivity index (χ4v) is 3.37. The van der Waals surface area contributed by atoms with Crippen molar-refractivity contribution in [3.63, 3.8) is 0 Å². The van der Waals surface area contributed by atoms with Crippen molar-refractivity contribution in [2.45, 2.75) is 4.90 Å². The van der Waals surface area contributed by atoms with Gasteiger partial charge in [-0.1, -0.05) is 0 Å². The average Bonchev–Trinajstić information content (AvgIpc) is 2.38. The van der Waals surface area contributed by atoms with E-state index >= 15 is 0 Å². The first-order valence-electron chi connectivity index (χ1n) is 5.76. The zero-order valence-corrected chi connectivity index (χ0v) is 11.5. The Balaban J connectivity index is 2.42. The van der Waals surface area contributed by atoms with E-state index in [1.807, 2.05) is 0 Å². The molecule has 1 amide bonds. The van der Waals surface area contributed by atoms with Crippen LogP contribution >= 0.6 is 0 Å². The lowest BCUT2D eigenvalue weighted by Gasteiger charge is -2.26. The second kappa shape index (κ2) is 5.25. The van der Waals surface area contributed by atoms with Crippen molar-refractivity contribution in [1.29, 1.82) is 0 Å².